The number of nitrogens with two attached hydrogens (primary N) is 2. The second kappa shape index (κ2) is 4.44. The average molecular weight is 244 g/mol. The Morgan fingerprint density at radius 1 is 1.28 bits per heavy atom. The summed E-state index contributed by atoms with van der Waals surface area (Å²) in [7, 11) is 1.73. The van der Waals surface area contributed by atoms with E-state index in [0.717, 1.165) is 5.56 Å². The van der Waals surface area contributed by atoms with Crippen LogP contribution in [-0.4, -0.2) is 14.9 Å². The molecular formula is C13H16N4O. The number of aliphatic hydroxyl groups is 1. The summed E-state index contributed by atoms with van der Waals surface area (Å²) < 4.78 is 1.52. The average Bonchev–Trinajstić information content (AvgIpc) is 2.66. The molecule has 5 nitrogen and oxygen atoms in total. The maximum atomic E-state index is 10.1. The van der Waals surface area contributed by atoms with E-state index in [-0.39, 0.29) is 5.76 Å². The summed E-state index contributed by atoms with van der Waals surface area (Å²) in [6.07, 6.45) is 0. The van der Waals surface area contributed by atoms with Gasteiger partial charge in [0, 0.05) is 18.3 Å². The van der Waals surface area contributed by atoms with Crippen LogP contribution in [0, 0.1) is 0 Å². The van der Waals surface area contributed by atoms with Gasteiger partial charge in [-0.1, -0.05) is 30.3 Å². The van der Waals surface area contributed by atoms with Crippen molar-refractivity contribution in [2.24, 2.45) is 12.8 Å². The maximum absolute atomic E-state index is 10.1. The first-order valence-electron chi connectivity index (χ1n) is 5.56. The van der Waals surface area contributed by atoms with Gasteiger partial charge in [-0.25, -0.2) is 0 Å². The van der Waals surface area contributed by atoms with E-state index < -0.39 is 0 Å². The molecule has 94 valence electrons. The van der Waals surface area contributed by atoms with Crippen LogP contribution < -0.4 is 11.5 Å². The van der Waals surface area contributed by atoms with Crippen molar-refractivity contribution in [3.05, 3.63) is 41.6 Å². The monoisotopic (exact) mass is 244 g/mol. The summed E-state index contributed by atoms with van der Waals surface area (Å²) in [6, 6.07) is 9.54. The third-order valence-electron chi connectivity index (χ3n) is 2.75. The Bertz CT molecular complexity index is 595. The Morgan fingerprint density at radius 3 is 2.44 bits per heavy atom. The van der Waals surface area contributed by atoms with Crippen LogP contribution in [0.15, 0.2) is 36.0 Å². The number of aromatic nitrogens is 2. The van der Waals surface area contributed by atoms with Gasteiger partial charge in [-0.2, -0.15) is 5.10 Å². The summed E-state index contributed by atoms with van der Waals surface area (Å²) in [5.41, 5.74) is 13.9. The Balaban J connectivity index is 2.70. The number of hydrogen-bond donors (Lipinski definition) is 3. The van der Waals surface area contributed by atoms with Gasteiger partial charge in [0.25, 0.3) is 0 Å². The lowest BCUT2D eigenvalue weighted by Gasteiger charge is -2.04. The fourth-order valence-corrected chi connectivity index (χ4v) is 1.77. The van der Waals surface area contributed by atoms with Crippen molar-refractivity contribution in [1.82, 2.24) is 9.78 Å². The molecule has 0 aliphatic carbocycles. The molecule has 18 heavy (non-hydrogen) atoms. The highest BCUT2D eigenvalue weighted by Crippen LogP contribution is 2.31. The van der Waals surface area contributed by atoms with Crippen molar-refractivity contribution < 1.29 is 5.11 Å². The zero-order valence-electron chi connectivity index (χ0n) is 10.4. The molecule has 0 aliphatic rings. The number of aryl methyl sites for hydroxylation is 1. The van der Waals surface area contributed by atoms with Crippen LogP contribution in [0.5, 0.6) is 0 Å². The summed E-state index contributed by atoms with van der Waals surface area (Å²) in [5.74, 6) is 0.357. The van der Waals surface area contributed by atoms with Crippen LogP contribution in [0.2, 0.25) is 0 Å². The van der Waals surface area contributed by atoms with Crippen molar-refractivity contribution in [3.8, 4) is 11.3 Å². The molecule has 0 amide bonds. The van der Waals surface area contributed by atoms with E-state index >= 15 is 0 Å². The standard InChI is InChI=1S/C13H16N4O/c1-8(14)12(18)10-11(16-17(2)13(10)15)9-6-4-3-5-7-9/h3-7,18H,14-15H2,1-2H3/b12-8+. The minimum atomic E-state index is -0.0283. The van der Waals surface area contributed by atoms with Gasteiger partial charge in [0.2, 0.25) is 0 Å². The Labute approximate surface area is 105 Å². The molecule has 2 aromatic rings. The zero-order chi connectivity index (χ0) is 13.3. The molecule has 1 heterocycles. The van der Waals surface area contributed by atoms with E-state index in [1.807, 2.05) is 30.3 Å². The number of benzene rings is 1. The number of nitrogens with zero attached hydrogens (tertiary/aromatic N) is 2. The molecule has 0 spiro atoms. The second-order valence-corrected chi connectivity index (χ2v) is 4.13. The molecule has 0 unspecified atom stereocenters. The van der Waals surface area contributed by atoms with E-state index in [1.165, 1.54) is 4.68 Å². The van der Waals surface area contributed by atoms with Crippen LogP contribution in [-0.2, 0) is 7.05 Å². The van der Waals surface area contributed by atoms with Crippen LogP contribution >= 0.6 is 0 Å². The molecule has 1 aromatic carbocycles. The van der Waals surface area contributed by atoms with Gasteiger partial charge < -0.3 is 16.6 Å². The van der Waals surface area contributed by atoms with E-state index in [0.29, 0.717) is 22.8 Å². The van der Waals surface area contributed by atoms with Gasteiger partial charge in [0.15, 0.2) is 0 Å². The number of rotatable bonds is 2. The lowest BCUT2D eigenvalue weighted by Crippen LogP contribution is -2.02. The topological polar surface area (TPSA) is 90.1 Å². The molecule has 5 heteroatoms. The SMILES string of the molecule is C/C(N)=C(\O)c1c(-c2ccccc2)nn(C)c1N. The van der Waals surface area contributed by atoms with Crippen molar-refractivity contribution in [2.45, 2.75) is 6.92 Å². The maximum Gasteiger partial charge on any atom is 0.147 e. The molecule has 0 radical (unpaired) electrons. The molecule has 0 saturated heterocycles. The molecule has 0 atom stereocenters. The molecule has 0 fully saturated rings. The summed E-state index contributed by atoms with van der Waals surface area (Å²) in [4.78, 5) is 0. The van der Waals surface area contributed by atoms with E-state index in [9.17, 15) is 5.11 Å². The third kappa shape index (κ3) is 1.90. The van der Waals surface area contributed by atoms with E-state index in [2.05, 4.69) is 5.10 Å². The third-order valence-corrected chi connectivity index (χ3v) is 2.75. The Kier molecular flexibility index (Phi) is 2.97. The van der Waals surface area contributed by atoms with Gasteiger partial charge in [-0.3, -0.25) is 4.68 Å². The first-order chi connectivity index (χ1) is 8.52. The first-order valence-corrected chi connectivity index (χ1v) is 5.56. The summed E-state index contributed by atoms with van der Waals surface area (Å²) in [5, 5.41) is 14.4. The Morgan fingerprint density at radius 2 is 1.89 bits per heavy atom. The highest BCUT2D eigenvalue weighted by Gasteiger charge is 2.19. The predicted octanol–water partition coefficient (Wildman–Crippen LogP) is 1.87. The fourth-order valence-electron chi connectivity index (χ4n) is 1.77. The molecule has 0 saturated carbocycles. The first kappa shape index (κ1) is 12.0. The van der Waals surface area contributed by atoms with Gasteiger partial charge in [0.1, 0.15) is 17.3 Å². The zero-order valence-corrected chi connectivity index (χ0v) is 10.4. The molecule has 0 bridgehead atoms. The molecule has 1 aromatic heterocycles. The second-order valence-electron chi connectivity index (χ2n) is 4.13. The van der Waals surface area contributed by atoms with Crippen LogP contribution in [0.25, 0.3) is 17.0 Å². The molecule has 0 aliphatic heterocycles. The lowest BCUT2D eigenvalue weighted by molar-refractivity contribution is 0.506. The molecule has 2 rings (SSSR count). The van der Waals surface area contributed by atoms with Crippen molar-refractivity contribution in [2.75, 3.05) is 5.73 Å². The van der Waals surface area contributed by atoms with Crippen LogP contribution in [0.1, 0.15) is 12.5 Å². The van der Waals surface area contributed by atoms with E-state index in [1.54, 1.807) is 14.0 Å². The quantitative estimate of drug-likeness (QED) is 0.703. The lowest BCUT2D eigenvalue weighted by atomic mass is 10.1. The van der Waals surface area contributed by atoms with Crippen LogP contribution in [0.3, 0.4) is 0 Å². The minimum Gasteiger partial charge on any atom is -0.505 e. The summed E-state index contributed by atoms with van der Waals surface area (Å²) in [6.45, 7) is 1.62. The highest BCUT2D eigenvalue weighted by atomic mass is 16.3. The fraction of sp³-hybridized carbons (Fsp3) is 0.154. The summed E-state index contributed by atoms with van der Waals surface area (Å²) >= 11 is 0. The van der Waals surface area contributed by atoms with Gasteiger partial charge in [-0.15, -0.1) is 0 Å². The van der Waals surface area contributed by atoms with Crippen molar-refractivity contribution >= 4 is 11.6 Å². The number of aliphatic hydroxyl groups excluding tert-OH is 1. The molecule has 5 N–H and O–H groups in total. The number of anilines is 1. The van der Waals surface area contributed by atoms with Crippen molar-refractivity contribution in [3.63, 3.8) is 0 Å². The smallest absolute Gasteiger partial charge is 0.147 e. The normalized spacial score (nSPS) is 12.3. The minimum absolute atomic E-state index is 0.0283. The number of nitrogen functional groups attached to an aromatic ring is 1. The van der Waals surface area contributed by atoms with E-state index in [4.69, 9.17) is 11.5 Å². The Hall–Kier alpha value is -2.43. The number of allylic oxidation sites excluding steroid dienone is 1. The van der Waals surface area contributed by atoms with Gasteiger partial charge >= 0.3 is 0 Å². The highest BCUT2D eigenvalue weighted by molar-refractivity contribution is 5.82. The number of hydrogen-bond acceptors (Lipinski definition) is 4. The van der Waals surface area contributed by atoms with Gasteiger partial charge in [-0.05, 0) is 6.92 Å². The van der Waals surface area contributed by atoms with Gasteiger partial charge in [0.05, 0.1) is 5.56 Å². The largest absolute Gasteiger partial charge is 0.505 e. The predicted molar refractivity (Wildman–Crippen MR) is 72.5 cm³/mol. The van der Waals surface area contributed by atoms with Crippen molar-refractivity contribution in [1.29, 1.82) is 0 Å². The molecular weight excluding hydrogens is 228 g/mol. The van der Waals surface area contributed by atoms with Crippen LogP contribution in [0.4, 0.5) is 5.82 Å².